The molecule has 1 N–H and O–H groups in total. The quantitative estimate of drug-likeness (QED) is 0.879. The lowest BCUT2D eigenvalue weighted by Crippen LogP contribution is -2.44. The minimum Gasteiger partial charge on any atom is -0.366 e. The Balaban J connectivity index is 1.79. The Morgan fingerprint density at radius 3 is 2.56 bits per heavy atom. The molecule has 2 saturated heterocycles. The molecule has 2 aliphatic heterocycles. The van der Waals surface area contributed by atoms with Gasteiger partial charge in [0.2, 0.25) is 0 Å². The molecule has 0 aromatic heterocycles. The van der Waals surface area contributed by atoms with E-state index in [1.165, 1.54) is 43.5 Å². The highest BCUT2D eigenvalue weighted by Gasteiger charge is 2.40. The first kappa shape index (κ1) is 12.0. The topological polar surface area (TPSA) is 15.3 Å². The molecule has 2 nitrogen and oxygen atoms in total. The third-order valence-corrected chi connectivity index (χ3v) is 4.62. The highest BCUT2D eigenvalue weighted by molar-refractivity contribution is 5.52. The Labute approximate surface area is 110 Å². The molecule has 0 spiro atoms. The number of rotatable bonds is 3. The van der Waals surface area contributed by atoms with E-state index in [0.717, 1.165) is 18.0 Å². The van der Waals surface area contributed by atoms with Gasteiger partial charge in [0.1, 0.15) is 0 Å². The van der Waals surface area contributed by atoms with Crippen molar-refractivity contribution in [3.8, 4) is 0 Å². The van der Waals surface area contributed by atoms with Crippen molar-refractivity contribution < 1.29 is 0 Å². The van der Waals surface area contributed by atoms with Crippen LogP contribution in [0, 0.1) is 12.8 Å². The van der Waals surface area contributed by atoms with Crippen LogP contribution in [0.25, 0.3) is 0 Å². The number of fused-ring (bicyclic) bond motifs is 2. The Morgan fingerprint density at radius 2 is 1.94 bits per heavy atom. The van der Waals surface area contributed by atoms with Crippen LogP contribution in [0.15, 0.2) is 24.3 Å². The summed E-state index contributed by atoms with van der Waals surface area (Å²) in [6.07, 6.45) is 5.51. The van der Waals surface area contributed by atoms with Gasteiger partial charge in [0.05, 0.1) is 0 Å². The molecule has 98 valence electrons. The number of piperidine rings is 1. The summed E-state index contributed by atoms with van der Waals surface area (Å²) in [7, 11) is 2.08. The van der Waals surface area contributed by atoms with Crippen LogP contribution in [-0.2, 0) is 0 Å². The maximum atomic E-state index is 3.35. The van der Waals surface area contributed by atoms with Crippen LogP contribution in [0.1, 0.15) is 31.2 Å². The third kappa shape index (κ3) is 2.14. The largest absolute Gasteiger partial charge is 0.366 e. The molecule has 2 unspecified atom stereocenters. The summed E-state index contributed by atoms with van der Waals surface area (Å²) in [6.45, 7) is 3.38. The Hall–Kier alpha value is -1.02. The van der Waals surface area contributed by atoms with E-state index in [-0.39, 0.29) is 0 Å². The second-order valence-corrected chi connectivity index (χ2v) is 6.03. The number of nitrogens with one attached hydrogen (secondary N) is 1. The summed E-state index contributed by atoms with van der Waals surface area (Å²) in [5.41, 5.74) is 2.83. The fraction of sp³-hybridized carbons (Fsp3) is 0.625. The molecule has 18 heavy (non-hydrogen) atoms. The van der Waals surface area contributed by atoms with Gasteiger partial charge in [-0.05, 0) is 69.8 Å². The number of hydrogen-bond donors (Lipinski definition) is 1. The zero-order chi connectivity index (χ0) is 12.5. The van der Waals surface area contributed by atoms with Crippen LogP contribution in [0.2, 0.25) is 0 Å². The average Bonchev–Trinajstić information content (AvgIpc) is 2.62. The molecular weight excluding hydrogens is 220 g/mol. The van der Waals surface area contributed by atoms with Gasteiger partial charge in [0, 0.05) is 17.8 Å². The van der Waals surface area contributed by atoms with Crippen molar-refractivity contribution in [3.05, 3.63) is 29.8 Å². The maximum Gasteiger partial charge on any atom is 0.0373 e. The van der Waals surface area contributed by atoms with Crippen LogP contribution >= 0.6 is 0 Å². The average molecular weight is 244 g/mol. The lowest BCUT2D eigenvalue weighted by molar-refractivity contribution is 0.333. The molecule has 1 aromatic rings. The van der Waals surface area contributed by atoms with Crippen LogP contribution < -0.4 is 10.2 Å². The molecule has 2 fully saturated rings. The molecule has 3 rings (SSSR count). The fourth-order valence-corrected chi connectivity index (χ4v) is 3.96. The first-order chi connectivity index (χ1) is 8.78. The monoisotopic (exact) mass is 244 g/mol. The van der Waals surface area contributed by atoms with Crippen molar-refractivity contribution in [1.82, 2.24) is 5.32 Å². The Morgan fingerprint density at radius 1 is 1.22 bits per heavy atom. The number of hydrogen-bond acceptors (Lipinski definition) is 2. The molecule has 2 bridgehead atoms. The van der Waals surface area contributed by atoms with Crippen molar-refractivity contribution in [2.75, 3.05) is 18.5 Å². The van der Waals surface area contributed by atoms with E-state index in [4.69, 9.17) is 0 Å². The van der Waals surface area contributed by atoms with E-state index in [1.807, 2.05) is 0 Å². The third-order valence-electron chi connectivity index (χ3n) is 4.62. The Kier molecular flexibility index (Phi) is 3.29. The minimum absolute atomic E-state index is 0.781. The molecule has 0 amide bonds. The fourth-order valence-electron chi connectivity index (χ4n) is 3.96. The van der Waals surface area contributed by atoms with Crippen LogP contribution in [-0.4, -0.2) is 25.7 Å². The summed E-state index contributed by atoms with van der Waals surface area (Å²) in [4.78, 5) is 2.71. The first-order valence-electron chi connectivity index (χ1n) is 7.27. The van der Waals surface area contributed by atoms with E-state index >= 15 is 0 Å². The molecule has 0 radical (unpaired) electrons. The van der Waals surface area contributed by atoms with E-state index in [0.29, 0.717) is 0 Å². The lowest BCUT2D eigenvalue weighted by Gasteiger charge is -2.40. The molecule has 0 saturated carbocycles. The van der Waals surface area contributed by atoms with Gasteiger partial charge >= 0.3 is 0 Å². The van der Waals surface area contributed by atoms with Crippen LogP contribution in [0.4, 0.5) is 5.69 Å². The summed E-state index contributed by atoms with van der Waals surface area (Å²) in [5.74, 6) is 0.883. The van der Waals surface area contributed by atoms with Gasteiger partial charge in [0.15, 0.2) is 0 Å². The Bertz CT molecular complexity index is 401. The molecule has 2 heteroatoms. The molecule has 0 aliphatic carbocycles. The highest BCUT2D eigenvalue weighted by Crippen LogP contribution is 2.41. The zero-order valence-corrected chi connectivity index (χ0v) is 11.5. The summed E-state index contributed by atoms with van der Waals surface area (Å²) in [6, 6.07) is 10.6. The van der Waals surface area contributed by atoms with E-state index in [9.17, 15) is 0 Å². The van der Waals surface area contributed by atoms with Crippen LogP contribution in [0.3, 0.4) is 0 Å². The van der Waals surface area contributed by atoms with E-state index in [1.54, 1.807) is 0 Å². The predicted molar refractivity (Wildman–Crippen MR) is 77.1 cm³/mol. The standard InChI is InChI=1S/C16H24N2/c1-12-4-3-5-14(8-12)18-15-6-7-16(18)10-13(9-15)11-17-2/h3-5,8,13,15-17H,6-7,9-11H2,1-2H3. The molecule has 2 atom stereocenters. The SMILES string of the molecule is CNCC1CC2CCC(C1)N2c1cccc(C)c1. The predicted octanol–water partition coefficient (Wildman–Crippen LogP) is 2.96. The minimum atomic E-state index is 0.781. The van der Waals surface area contributed by atoms with Gasteiger partial charge in [-0.15, -0.1) is 0 Å². The van der Waals surface area contributed by atoms with E-state index < -0.39 is 0 Å². The van der Waals surface area contributed by atoms with Gasteiger partial charge < -0.3 is 10.2 Å². The van der Waals surface area contributed by atoms with Crippen molar-refractivity contribution in [2.24, 2.45) is 5.92 Å². The molecule has 1 aromatic carbocycles. The highest BCUT2D eigenvalue weighted by atomic mass is 15.2. The zero-order valence-electron chi connectivity index (χ0n) is 11.5. The number of aryl methyl sites for hydroxylation is 1. The van der Waals surface area contributed by atoms with Crippen LogP contribution in [0.5, 0.6) is 0 Å². The second kappa shape index (κ2) is 4.93. The summed E-state index contributed by atoms with van der Waals surface area (Å²) in [5, 5.41) is 3.35. The van der Waals surface area contributed by atoms with Gasteiger partial charge in [-0.2, -0.15) is 0 Å². The maximum absolute atomic E-state index is 3.35. The van der Waals surface area contributed by atoms with Gasteiger partial charge in [-0.3, -0.25) is 0 Å². The van der Waals surface area contributed by atoms with Crippen molar-refractivity contribution in [3.63, 3.8) is 0 Å². The second-order valence-electron chi connectivity index (χ2n) is 6.03. The molecule has 2 heterocycles. The normalized spacial score (nSPS) is 30.8. The van der Waals surface area contributed by atoms with Gasteiger partial charge in [-0.1, -0.05) is 12.1 Å². The first-order valence-corrected chi connectivity index (χ1v) is 7.27. The van der Waals surface area contributed by atoms with Crippen molar-refractivity contribution in [2.45, 2.75) is 44.7 Å². The number of anilines is 1. The van der Waals surface area contributed by atoms with E-state index in [2.05, 4.69) is 48.5 Å². The molecular formula is C16H24N2. The molecule has 2 aliphatic rings. The lowest BCUT2D eigenvalue weighted by atomic mass is 9.90. The smallest absolute Gasteiger partial charge is 0.0373 e. The van der Waals surface area contributed by atoms with Crippen molar-refractivity contribution >= 4 is 5.69 Å². The van der Waals surface area contributed by atoms with Crippen molar-refractivity contribution in [1.29, 1.82) is 0 Å². The number of nitrogens with zero attached hydrogens (tertiary/aromatic N) is 1. The number of benzene rings is 1. The van der Waals surface area contributed by atoms with Gasteiger partial charge in [0.25, 0.3) is 0 Å². The summed E-state index contributed by atoms with van der Waals surface area (Å²) < 4.78 is 0. The van der Waals surface area contributed by atoms with Gasteiger partial charge in [-0.25, -0.2) is 0 Å². The summed E-state index contributed by atoms with van der Waals surface area (Å²) >= 11 is 0.